The van der Waals surface area contributed by atoms with E-state index in [0.717, 1.165) is 43.4 Å². The summed E-state index contributed by atoms with van der Waals surface area (Å²) in [6, 6.07) is 3.57. The van der Waals surface area contributed by atoms with Gasteiger partial charge in [0.05, 0.1) is 19.0 Å². The molecule has 1 heterocycles. The van der Waals surface area contributed by atoms with Gasteiger partial charge in [-0.15, -0.1) is 0 Å². The molecule has 5 heteroatoms. The van der Waals surface area contributed by atoms with E-state index in [0.29, 0.717) is 18.7 Å². The monoisotopic (exact) mass is 311 g/mol. The minimum atomic E-state index is -0.413. The van der Waals surface area contributed by atoms with Crippen molar-refractivity contribution in [2.45, 2.75) is 33.2 Å². The highest BCUT2D eigenvalue weighted by molar-refractivity contribution is 5.78. The second kappa shape index (κ2) is 7.68. The van der Waals surface area contributed by atoms with Crippen LogP contribution < -0.4 is 4.90 Å². The smallest absolute Gasteiger partial charge is 0.231 e. The number of likely N-dealkylation sites (tertiary alicyclic amines) is 1. The summed E-state index contributed by atoms with van der Waals surface area (Å²) < 4.78 is 27.0. The summed E-state index contributed by atoms with van der Waals surface area (Å²) in [5, 5.41) is 0. The number of hydrogen-bond donors (Lipinski definition) is 1. The van der Waals surface area contributed by atoms with Crippen LogP contribution >= 0.6 is 0 Å². The van der Waals surface area contributed by atoms with Gasteiger partial charge in [0, 0.05) is 18.7 Å². The molecule has 1 fully saturated rings. The normalized spacial score (nSPS) is 21.6. The lowest BCUT2D eigenvalue weighted by molar-refractivity contribution is -0.921. The first-order valence-corrected chi connectivity index (χ1v) is 8.11. The largest absolute Gasteiger partial charge is 0.343 e. The fraction of sp³-hybridized carbons (Fsp3) is 0.588. The van der Waals surface area contributed by atoms with Crippen LogP contribution in [0.3, 0.4) is 0 Å². The van der Waals surface area contributed by atoms with Crippen molar-refractivity contribution in [2.24, 2.45) is 5.92 Å². The van der Waals surface area contributed by atoms with Crippen LogP contribution in [0, 0.1) is 17.6 Å². The molecule has 0 spiro atoms. The van der Waals surface area contributed by atoms with Crippen molar-refractivity contribution >= 4 is 5.91 Å². The average molecular weight is 311 g/mol. The SMILES string of the molecule is CCN(CC)C(=O)[C@@H]1CCC[NH+](Cc2cc(F)ccc2F)C1. The first-order valence-electron chi connectivity index (χ1n) is 8.11. The van der Waals surface area contributed by atoms with Gasteiger partial charge in [0.2, 0.25) is 5.91 Å². The van der Waals surface area contributed by atoms with E-state index in [9.17, 15) is 13.6 Å². The predicted octanol–water partition coefficient (Wildman–Crippen LogP) is 1.63. The summed E-state index contributed by atoms with van der Waals surface area (Å²) in [6.45, 7) is 7.45. The number of carbonyl (C=O) groups is 1. The molecular formula is C17H25F2N2O+. The van der Waals surface area contributed by atoms with Gasteiger partial charge in [0.25, 0.3) is 0 Å². The van der Waals surface area contributed by atoms with Gasteiger partial charge in [-0.1, -0.05) is 0 Å². The second-order valence-electron chi connectivity index (χ2n) is 5.97. The number of nitrogens with one attached hydrogen (secondary N) is 1. The molecule has 1 aromatic carbocycles. The van der Waals surface area contributed by atoms with Crippen LogP contribution in [-0.2, 0) is 11.3 Å². The van der Waals surface area contributed by atoms with Crippen LogP contribution in [0.1, 0.15) is 32.3 Å². The Balaban J connectivity index is 2.01. The molecule has 22 heavy (non-hydrogen) atoms. The molecule has 2 atom stereocenters. The van der Waals surface area contributed by atoms with Gasteiger partial charge in [0.15, 0.2) is 0 Å². The van der Waals surface area contributed by atoms with Crippen LogP contribution in [0.25, 0.3) is 0 Å². The number of amides is 1. The molecule has 1 aromatic rings. The van der Waals surface area contributed by atoms with Gasteiger partial charge in [0.1, 0.15) is 18.2 Å². The van der Waals surface area contributed by atoms with E-state index in [1.54, 1.807) is 0 Å². The molecule has 0 aliphatic carbocycles. The highest BCUT2D eigenvalue weighted by atomic mass is 19.1. The van der Waals surface area contributed by atoms with E-state index in [-0.39, 0.29) is 17.6 Å². The van der Waals surface area contributed by atoms with Gasteiger partial charge >= 0.3 is 0 Å². The summed E-state index contributed by atoms with van der Waals surface area (Å²) in [7, 11) is 0. The van der Waals surface area contributed by atoms with E-state index in [1.165, 1.54) is 12.1 Å². The highest BCUT2D eigenvalue weighted by Crippen LogP contribution is 2.13. The van der Waals surface area contributed by atoms with E-state index < -0.39 is 5.82 Å². The van der Waals surface area contributed by atoms with Crippen LogP contribution in [0.2, 0.25) is 0 Å². The molecule has 0 bridgehead atoms. The third-order valence-electron chi connectivity index (χ3n) is 4.49. The number of halogens is 2. The Morgan fingerprint density at radius 1 is 1.32 bits per heavy atom. The Morgan fingerprint density at radius 2 is 2.05 bits per heavy atom. The van der Waals surface area contributed by atoms with Crippen molar-refractivity contribution in [3.05, 3.63) is 35.4 Å². The standard InChI is InChI=1S/C17H24F2N2O/c1-3-21(4-2)17(22)13-6-5-9-20(11-13)12-14-10-15(18)7-8-16(14)19/h7-8,10,13H,3-6,9,11-12H2,1-2H3/p+1/t13-/m1/s1. The molecule has 2 rings (SSSR count). The third-order valence-corrected chi connectivity index (χ3v) is 4.49. The fourth-order valence-electron chi connectivity index (χ4n) is 3.26. The lowest BCUT2D eigenvalue weighted by Crippen LogP contribution is -3.12. The molecule has 0 saturated carbocycles. The number of quaternary nitrogens is 1. The van der Waals surface area contributed by atoms with Crippen LogP contribution in [-0.4, -0.2) is 37.0 Å². The van der Waals surface area contributed by atoms with E-state index in [2.05, 4.69) is 0 Å². The lowest BCUT2D eigenvalue weighted by atomic mass is 9.96. The molecular weight excluding hydrogens is 286 g/mol. The summed E-state index contributed by atoms with van der Waals surface area (Å²) in [5.41, 5.74) is 0.394. The van der Waals surface area contributed by atoms with E-state index in [4.69, 9.17) is 0 Å². The van der Waals surface area contributed by atoms with Crippen molar-refractivity contribution < 1.29 is 18.5 Å². The number of rotatable bonds is 5. The molecule has 1 unspecified atom stereocenters. The van der Waals surface area contributed by atoms with Gasteiger partial charge in [-0.05, 0) is 44.9 Å². The molecule has 1 saturated heterocycles. The second-order valence-corrected chi connectivity index (χ2v) is 5.97. The Labute approximate surface area is 130 Å². The summed E-state index contributed by atoms with van der Waals surface area (Å²) in [6.07, 6.45) is 1.84. The van der Waals surface area contributed by atoms with Gasteiger partial charge < -0.3 is 9.80 Å². The minimum Gasteiger partial charge on any atom is -0.343 e. The first-order chi connectivity index (χ1) is 10.5. The summed E-state index contributed by atoms with van der Waals surface area (Å²) in [5.74, 6) is -0.586. The van der Waals surface area contributed by atoms with Crippen LogP contribution in [0.4, 0.5) is 8.78 Å². The van der Waals surface area contributed by atoms with E-state index >= 15 is 0 Å². The molecule has 0 radical (unpaired) electrons. The highest BCUT2D eigenvalue weighted by Gasteiger charge is 2.31. The van der Waals surface area contributed by atoms with Gasteiger partial charge in [-0.25, -0.2) is 8.78 Å². The number of carbonyl (C=O) groups excluding carboxylic acids is 1. The Kier molecular flexibility index (Phi) is 5.89. The van der Waals surface area contributed by atoms with E-state index in [1.807, 2.05) is 18.7 Å². The number of benzene rings is 1. The number of hydrogen-bond acceptors (Lipinski definition) is 1. The quantitative estimate of drug-likeness (QED) is 0.878. The maximum absolute atomic E-state index is 13.8. The third kappa shape index (κ3) is 4.03. The minimum absolute atomic E-state index is 0.000250. The molecule has 3 nitrogen and oxygen atoms in total. The zero-order valence-electron chi connectivity index (χ0n) is 13.4. The van der Waals surface area contributed by atoms with Crippen molar-refractivity contribution in [2.75, 3.05) is 26.2 Å². The molecule has 122 valence electrons. The van der Waals surface area contributed by atoms with Crippen molar-refractivity contribution in [3.63, 3.8) is 0 Å². The number of nitrogens with zero attached hydrogens (tertiary/aromatic N) is 1. The Bertz CT molecular complexity index is 517. The molecule has 1 aliphatic rings. The topological polar surface area (TPSA) is 24.8 Å². The Morgan fingerprint density at radius 3 is 2.73 bits per heavy atom. The average Bonchev–Trinajstić information content (AvgIpc) is 2.52. The van der Waals surface area contributed by atoms with Gasteiger partial charge in [-0.3, -0.25) is 4.79 Å². The zero-order chi connectivity index (χ0) is 16.1. The maximum Gasteiger partial charge on any atom is 0.231 e. The van der Waals surface area contributed by atoms with Crippen molar-refractivity contribution in [3.8, 4) is 0 Å². The first kappa shape index (κ1) is 16.9. The van der Waals surface area contributed by atoms with Crippen molar-refractivity contribution in [1.29, 1.82) is 0 Å². The number of piperidine rings is 1. The Hall–Kier alpha value is -1.49. The summed E-state index contributed by atoms with van der Waals surface area (Å²) in [4.78, 5) is 15.5. The predicted molar refractivity (Wildman–Crippen MR) is 81.4 cm³/mol. The fourth-order valence-corrected chi connectivity index (χ4v) is 3.26. The van der Waals surface area contributed by atoms with Crippen LogP contribution in [0.15, 0.2) is 18.2 Å². The maximum atomic E-state index is 13.8. The molecule has 1 aliphatic heterocycles. The molecule has 0 aromatic heterocycles. The zero-order valence-corrected chi connectivity index (χ0v) is 13.4. The van der Waals surface area contributed by atoms with Crippen LogP contribution in [0.5, 0.6) is 0 Å². The molecule has 1 N–H and O–H groups in total. The summed E-state index contributed by atoms with van der Waals surface area (Å²) >= 11 is 0. The molecule has 1 amide bonds. The lowest BCUT2D eigenvalue weighted by Gasteiger charge is -2.32. The van der Waals surface area contributed by atoms with Crippen molar-refractivity contribution in [1.82, 2.24) is 4.90 Å². The van der Waals surface area contributed by atoms with Gasteiger partial charge in [-0.2, -0.15) is 0 Å².